The number of alkyl halides is 1. The van der Waals surface area contributed by atoms with Crippen LogP contribution in [0.5, 0.6) is 28.7 Å². The Morgan fingerprint density at radius 2 is 1.58 bits per heavy atom. The molecule has 208 valence electrons. The predicted molar refractivity (Wildman–Crippen MR) is 143 cm³/mol. The molecule has 0 unspecified atom stereocenters. The van der Waals surface area contributed by atoms with Crippen molar-refractivity contribution in [2.45, 2.75) is 37.7 Å². The average Bonchev–Trinajstić information content (AvgIpc) is 3.40. The van der Waals surface area contributed by atoms with Crippen LogP contribution in [-0.4, -0.2) is 62.8 Å². The Labute approximate surface area is 231 Å². The molecular formula is C28H35BrO9. The van der Waals surface area contributed by atoms with Crippen molar-refractivity contribution in [2.24, 2.45) is 11.8 Å². The van der Waals surface area contributed by atoms with Gasteiger partial charge in [-0.2, -0.15) is 0 Å². The summed E-state index contributed by atoms with van der Waals surface area (Å²) in [6.45, 7) is -0.0873. The van der Waals surface area contributed by atoms with Crippen LogP contribution in [0, 0.1) is 11.8 Å². The molecule has 1 heterocycles. The van der Waals surface area contributed by atoms with E-state index >= 15 is 0 Å². The second-order valence-corrected chi connectivity index (χ2v) is 10.2. The fraction of sp³-hybridized carbons (Fsp3) is 0.536. The standard InChI is InChI=1S/C28H35BrO9/c1-33-22-10-16(11-23(34-2)27(22)35-3)24-17-12-20-21(38-15-37-20)13-18(17)26(31)19(14-30)25(24)28(32)36-9-7-5-4-6-8-29/h10-13,19,24-26,30-31H,4-9,14-15H2,1-3H3/t19-,24+,25+,26-/m0/s1. The van der Waals surface area contributed by atoms with E-state index in [9.17, 15) is 15.0 Å². The zero-order chi connectivity index (χ0) is 27.2. The molecule has 38 heavy (non-hydrogen) atoms. The number of carbonyl (C=O) groups excluding carboxylic acids is 1. The molecule has 4 rings (SSSR count). The van der Waals surface area contributed by atoms with Crippen LogP contribution in [0.2, 0.25) is 0 Å². The number of hydrogen-bond donors (Lipinski definition) is 2. The van der Waals surface area contributed by atoms with Gasteiger partial charge in [0.2, 0.25) is 12.5 Å². The molecule has 9 nitrogen and oxygen atoms in total. The maximum Gasteiger partial charge on any atom is 0.310 e. The molecule has 4 atom stereocenters. The van der Waals surface area contributed by atoms with Gasteiger partial charge in [-0.15, -0.1) is 0 Å². The number of carbonyl (C=O) groups is 1. The summed E-state index contributed by atoms with van der Waals surface area (Å²) in [5, 5.41) is 22.7. The lowest BCUT2D eigenvalue weighted by atomic mass is 9.65. The van der Waals surface area contributed by atoms with Crippen LogP contribution >= 0.6 is 15.9 Å². The van der Waals surface area contributed by atoms with Crippen molar-refractivity contribution in [3.63, 3.8) is 0 Å². The third-order valence-corrected chi connectivity index (χ3v) is 7.82. The average molecular weight is 595 g/mol. The first-order chi connectivity index (χ1) is 18.5. The van der Waals surface area contributed by atoms with Crippen LogP contribution in [-0.2, 0) is 9.53 Å². The summed E-state index contributed by atoms with van der Waals surface area (Å²) in [5.41, 5.74) is 1.93. The minimum atomic E-state index is -1.11. The van der Waals surface area contributed by atoms with Crippen LogP contribution in [0.25, 0.3) is 0 Å². The van der Waals surface area contributed by atoms with Gasteiger partial charge in [0.1, 0.15) is 0 Å². The molecule has 2 aliphatic rings. The third-order valence-electron chi connectivity index (χ3n) is 7.26. The van der Waals surface area contributed by atoms with Gasteiger partial charge in [0, 0.05) is 23.8 Å². The normalized spacial score (nSPS) is 21.5. The Hall–Kier alpha value is -2.69. The van der Waals surface area contributed by atoms with Crippen LogP contribution < -0.4 is 23.7 Å². The van der Waals surface area contributed by atoms with E-state index in [0.29, 0.717) is 45.4 Å². The van der Waals surface area contributed by atoms with Gasteiger partial charge in [0.15, 0.2) is 23.0 Å². The number of halogens is 1. The van der Waals surface area contributed by atoms with E-state index in [0.717, 1.165) is 31.0 Å². The number of aliphatic hydroxyl groups excluding tert-OH is 2. The van der Waals surface area contributed by atoms with E-state index in [-0.39, 0.29) is 13.4 Å². The number of aliphatic hydroxyl groups is 2. The van der Waals surface area contributed by atoms with E-state index in [1.807, 2.05) is 0 Å². The molecule has 0 radical (unpaired) electrons. The Balaban J connectivity index is 1.80. The van der Waals surface area contributed by atoms with Crippen molar-refractivity contribution in [3.05, 3.63) is 41.0 Å². The third kappa shape index (κ3) is 5.53. The molecule has 0 saturated carbocycles. The van der Waals surface area contributed by atoms with E-state index in [4.69, 9.17) is 28.4 Å². The van der Waals surface area contributed by atoms with E-state index in [2.05, 4.69) is 15.9 Å². The highest BCUT2D eigenvalue weighted by Crippen LogP contribution is 2.54. The number of hydrogen-bond acceptors (Lipinski definition) is 9. The number of fused-ring (bicyclic) bond motifs is 2. The number of unbranched alkanes of at least 4 members (excludes halogenated alkanes) is 3. The zero-order valence-electron chi connectivity index (χ0n) is 21.9. The van der Waals surface area contributed by atoms with Gasteiger partial charge in [-0.3, -0.25) is 4.79 Å². The second-order valence-electron chi connectivity index (χ2n) is 9.36. The molecule has 0 bridgehead atoms. The first-order valence-corrected chi connectivity index (χ1v) is 13.9. The SMILES string of the molecule is COc1cc([C@@H]2c3cc4c(cc3[C@H](O)[C@@H](CO)[C@H]2C(=O)OCCCCCCBr)OCO4)cc(OC)c1OC. The molecule has 2 aromatic carbocycles. The minimum absolute atomic E-state index is 0.0626. The predicted octanol–water partition coefficient (Wildman–Crippen LogP) is 4.34. The monoisotopic (exact) mass is 594 g/mol. The van der Waals surface area contributed by atoms with Crippen molar-refractivity contribution in [2.75, 3.05) is 46.7 Å². The van der Waals surface area contributed by atoms with Gasteiger partial charge in [-0.05, 0) is 53.8 Å². The minimum Gasteiger partial charge on any atom is -0.493 e. The van der Waals surface area contributed by atoms with Gasteiger partial charge in [-0.25, -0.2) is 0 Å². The lowest BCUT2D eigenvalue weighted by Crippen LogP contribution is -2.41. The van der Waals surface area contributed by atoms with Crippen LogP contribution in [0.1, 0.15) is 54.4 Å². The molecule has 2 aromatic rings. The molecule has 0 saturated heterocycles. The van der Waals surface area contributed by atoms with Gasteiger partial charge >= 0.3 is 5.97 Å². The topological polar surface area (TPSA) is 113 Å². The lowest BCUT2D eigenvalue weighted by Gasteiger charge is -2.41. The lowest BCUT2D eigenvalue weighted by molar-refractivity contribution is -0.155. The van der Waals surface area contributed by atoms with Crippen LogP contribution in [0.3, 0.4) is 0 Å². The first-order valence-electron chi connectivity index (χ1n) is 12.7. The van der Waals surface area contributed by atoms with Crippen LogP contribution in [0.15, 0.2) is 24.3 Å². The maximum atomic E-state index is 13.7. The summed E-state index contributed by atoms with van der Waals surface area (Å²) in [7, 11) is 4.57. The fourth-order valence-corrected chi connectivity index (χ4v) is 5.77. The molecule has 0 spiro atoms. The van der Waals surface area contributed by atoms with Crippen LogP contribution in [0.4, 0.5) is 0 Å². The Morgan fingerprint density at radius 1 is 0.947 bits per heavy atom. The molecule has 0 fully saturated rings. The van der Waals surface area contributed by atoms with Crippen molar-refractivity contribution >= 4 is 21.9 Å². The quantitative estimate of drug-likeness (QED) is 0.210. The summed E-state index contributed by atoms with van der Waals surface area (Å²) >= 11 is 3.43. The number of methoxy groups -OCH3 is 3. The molecule has 1 aliphatic heterocycles. The summed E-state index contributed by atoms with van der Waals surface area (Å²) in [6, 6.07) is 7.09. The fourth-order valence-electron chi connectivity index (χ4n) is 5.38. The number of ether oxygens (including phenoxy) is 6. The van der Waals surface area contributed by atoms with Gasteiger partial charge < -0.3 is 38.6 Å². The molecule has 0 aromatic heterocycles. The number of esters is 1. The van der Waals surface area contributed by atoms with Gasteiger partial charge in [0.05, 0.1) is 40.0 Å². The molecule has 10 heteroatoms. The highest BCUT2D eigenvalue weighted by Gasteiger charge is 2.48. The largest absolute Gasteiger partial charge is 0.493 e. The molecule has 1 aliphatic carbocycles. The highest BCUT2D eigenvalue weighted by molar-refractivity contribution is 9.09. The van der Waals surface area contributed by atoms with Crippen molar-refractivity contribution < 1.29 is 43.4 Å². The molecular weight excluding hydrogens is 560 g/mol. The van der Waals surface area contributed by atoms with E-state index in [1.165, 1.54) is 21.3 Å². The van der Waals surface area contributed by atoms with Crippen molar-refractivity contribution in [3.8, 4) is 28.7 Å². The molecule has 2 N–H and O–H groups in total. The Bertz CT molecular complexity index is 1100. The summed E-state index contributed by atoms with van der Waals surface area (Å²) in [4.78, 5) is 13.7. The van der Waals surface area contributed by atoms with E-state index in [1.54, 1.807) is 24.3 Å². The zero-order valence-corrected chi connectivity index (χ0v) is 23.5. The smallest absolute Gasteiger partial charge is 0.310 e. The highest BCUT2D eigenvalue weighted by atomic mass is 79.9. The van der Waals surface area contributed by atoms with Crippen molar-refractivity contribution in [1.29, 1.82) is 0 Å². The Kier molecular flexibility index (Phi) is 9.62. The molecule has 0 amide bonds. The summed E-state index contributed by atoms with van der Waals surface area (Å²) in [6.07, 6.45) is 2.67. The Morgan fingerprint density at radius 3 is 2.16 bits per heavy atom. The van der Waals surface area contributed by atoms with E-state index < -0.39 is 36.4 Å². The number of benzene rings is 2. The van der Waals surface area contributed by atoms with Gasteiger partial charge in [-0.1, -0.05) is 28.8 Å². The summed E-state index contributed by atoms with van der Waals surface area (Å²) in [5.74, 6) is -0.477. The van der Waals surface area contributed by atoms with Crippen molar-refractivity contribution in [1.82, 2.24) is 0 Å². The second kappa shape index (κ2) is 12.9. The summed E-state index contributed by atoms with van der Waals surface area (Å²) < 4.78 is 33.6. The number of rotatable bonds is 12. The first kappa shape index (κ1) is 28.3. The van der Waals surface area contributed by atoms with Gasteiger partial charge in [0.25, 0.3) is 0 Å². The maximum absolute atomic E-state index is 13.7.